The van der Waals surface area contributed by atoms with E-state index >= 15 is 0 Å². The molecule has 0 fully saturated rings. The molecular formula is C25H25N5O2. The van der Waals surface area contributed by atoms with Crippen LogP contribution in [0.4, 0.5) is 0 Å². The van der Waals surface area contributed by atoms with Crippen LogP contribution in [0.25, 0.3) is 16.8 Å². The molecule has 0 atom stereocenters. The minimum absolute atomic E-state index is 0.148. The van der Waals surface area contributed by atoms with Crippen LogP contribution in [0.2, 0.25) is 0 Å². The summed E-state index contributed by atoms with van der Waals surface area (Å²) in [7, 11) is 0. The lowest BCUT2D eigenvalue weighted by molar-refractivity contribution is 0.267. The Kier molecular flexibility index (Phi) is 6.15. The molecule has 7 heteroatoms. The molecule has 162 valence electrons. The molecule has 2 heterocycles. The minimum Gasteiger partial charge on any atom is -0.394 e. The number of hydrogen-bond acceptors (Lipinski definition) is 5. The number of benzene rings is 2. The number of aliphatic hydroxyl groups is 1. The van der Waals surface area contributed by atoms with Crippen LogP contribution < -0.4 is 5.69 Å². The fourth-order valence-corrected chi connectivity index (χ4v) is 4.04. The van der Waals surface area contributed by atoms with Gasteiger partial charge < -0.3 is 5.11 Å². The summed E-state index contributed by atoms with van der Waals surface area (Å²) >= 11 is 0. The van der Waals surface area contributed by atoms with Crippen LogP contribution in [0.1, 0.15) is 41.6 Å². The maximum atomic E-state index is 12.8. The third-order valence-electron chi connectivity index (χ3n) is 5.57. The van der Waals surface area contributed by atoms with Crippen LogP contribution in [0.15, 0.2) is 53.3 Å². The molecule has 0 aliphatic heterocycles. The van der Waals surface area contributed by atoms with E-state index < -0.39 is 0 Å². The Bertz CT molecular complexity index is 1360. The van der Waals surface area contributed by atoms with Crippen molar-refractivity contribution in [2.45, 2.75) is 39.7 Å². The van der Waals surface area contributed by atoms with E-state index in [0.29, 0.717) is 23.5 Å². The van der Waals surface area contributed by atoms with E-state index in [4.69, 9.17) is 4.98 Å². The lowest BCUT2D eigenvalue weighted by atomic mass is 9.97. The molecular weight excluding hydrogens is 402 g/mol. The Labute approximate surface area is 186 Å². The molecule has 4 rings (SSSR count). The molecule has 0 saturated carbocycles. The highest BCUT2D eigenvalue weighted by Crippen LogP contribution is 2.25. The highest BCUT2D eigenvalue weighted by Gasteiger charge is 2.18. The summed E-state index contributed by atoms with van der Waals surface area (Å²) in [6, 6.07) is 17.9. The van der Waals surface area contributed by atoms with Gasteiger partial charge in [0.1, 0.15) is 5.82 Å². The first-order valence-corrected chi connectivity index (χ1v) is 10.7. The van der Waals surface area contributed by atoms with Crippen molar-refractivity contribution in [3.63, 3.8) is 0 Å². The predicted molar refractivity (Wildman–Crippen MR) is 122 cm³/mol. The number of aliphatic hydroxyl groups excluding tert-OH is 1. The highest BCUT2D eigenvalue weighted by atomic mass is 16.3. The van der Waals surface area contributed by atoms with E-state index in [2.05, 4.69) is 18.1 Å². The Morgan fingerprint density at radius 2 is 1.88 bits per heavy atom. The van der Waals surface area contributed by atoms with Crippen molar-refractivity contribution in [2.75, 3.05) is 6.61 Å². The summed E-state index contributed by atoms with van der Waals surface area (Å²) in [6.45, 7) is 3.90. The van der Waals surface area contributed by atoms with Gasteiger partial charge in [-0.25, -0.2) is 18.9 Å². The molecule has 0 spiro atoms. The second-order valence-electron chi connectivity index (χ2n) is 7.75. The topological polar surface area (TPSA) is 96.2 Å². The van der Waals surface area contributed by atoms with E-state index in [1.54, 1.807) is 0 Å². The molecule has 32 heavy (non-hydrogen) atoms. The van der Waals surface area contributed by atoms with Gasteiger partial charge in [-0.3, -0.25) is 0 Å². The Balaban J connectivity index is 1.77. The fraction of sp³-hybridized carbons (Fsp3) is 0.280. The molecule has 0 unspecified atom stereocenters. The molecule has 4 aromatic rings. The van der Waals surface area contributed by atoms with Gasteiger partial charge in [0.05, 0.1) is 24.8 Å². The summed E-state index contributed by atoms with van der Waals surface area (Å²) in [5.41, 5.74) is 5.78. The van der Waals surface area contributed by atoms with E-state index in [-0.39, 0.29) is 18.8 Å². The zero-order valence-electron chi connectivity index (χ0n) is 18.2. The Morgan fingerprint density at radius 3 is 2.56 bits per heavy atom. The van der Waals surface area contributed by atoms with E-state index in [0.717, 1.165) is 40.8 Å². The second-order valence-corrected chi connectivity index (χ2v) is 7.75. The fourth-order valence-electron chi connectivity index (χ4n) is 4.04. The van der Waals surface area contributed by atoms with Crippen molar-refractivity contribution in [1.82, 2.24) is 19.2 Å². The van der Waals surface area contributed by atoms with Crippen molar-refractivity contribution in [3.8, 4) is 17.2 Å². The molecule has 0 aliphatic carbocycles. The zero-order chi connectivity index (χ0) is 22.7. The number of hydrogen-bond donors (Lipinski definition) is 1. The lowest BCUT2D eigenvalue weighted by Gasteiger charge is -2.12. The SMILES string of the molecule is CCCc1nc(C)n2c(=O)n(CCO)nc2c1Cc1ccc(-c2ccccc2C#N)cc1. The molecule has 7 nitrogen and oxygen atoms in total. The van der Waals surface area contributed by atoms with Crippen LogP contribution in [-0.2, 0) is 19.4 Å². The average Bonchev–Trinajstić information content (AvgIpc) is 3.14. The number of fused-ring (bicyclic) bond motifs is 1. The maximum absolute atomic E-state index is 12.8. The van der Waals surface area contributed by atoms with Gasteiger partial charge in [0, 0.05) is 17.7 Å². The number of rotatable bonds is 7. The summed E-state index contributed by atoms with van der Waals surface area (Å²) in [4.78, 5) is 17.5. The van der Waals surface area contributed by atoms with Gasteiger partial charge in [-0.15, -0.1) is 5.10 Å². The van der Waals surface area contributed by atoms with E-state index in [1.807, 2.05) is 55.5 Å². The van der Waals surface area contributed by atoms with Crippen LogP contribution in [0, 0.1) is 18.3 Å². The minimum atomic E-state index is -0.285. The van der Waals surface area contributed by atoms with E-state index in [9.17, 15) is 15.2 Å². The van der Waals surface area contributed by atoms with Crippen molar-refractivity contribution in [1.29, 1.82) is 5.26 Å². The van der Waals surface area contributed by atoms with Crippen LogP contribution in [0.5, 0.6) is 0 Å². The summed E-state index contributed by atoms with van der Waals surface area (Å²) < 4.78 is 2.83. The third-order valence-corrected chi connectivity index (χ3v) is 5.57. The molecule has 0 aliphatic rings. The first-order valence-electron chi connectivity index (χ1n) is 10.7. The molecule has 0 saturated heterocycles. The lowest BCUT2D eigenvalue weighted by Crippen LogP contribution is -2.24. The molecule has 1 N–H and O–H groups in total. The maximum Gasteiger partial charge on any atom is 0.351 e. The monoisotopic (exact) mass is 427 g/mol. The quantitative estimate of drug-likeness (QED) is 0.488. The van der Waals surface area contributed by atoms with Crippen LogP contribution >= 0.6 is 0 Å². The summed E-state index contributed by atoms with van der Waals surface area (Å²) in [5.74, 6) is 0.602. The normalized spacial score (nSPS) is 11.1. The Hall–Kier alpha value is -3.76. The third kappa shape index (κ3) is 3.93. The van der Waals surface area contributed by atoms with Gasteiger partial charge in [-0.2, -0.15) is 5.26 Å². The Morgan fingerprint density at radius 1 is 1.12 bits per heavy atom. The number of nitriles is 1. The van der Waals surface area contributed by atoms with Crippen molar-refractivity contribution < 1.29 is 5.11 Å². The van der Waals surface area contributed by atoms with Gasteiger partial charge in [0.25, 0.3) is 0 Å². The summed E-state index contributed by atoms with van der Waals surface area (Å²) in [6.07, 6.45) is 2.31. The second kappa shape index (κ2) is 9.16. The molecule has 0 radical (unpaired) electrons. The molecule has 0 bridgehead atoms. The largest absolute Gasteiger partial charge is 0.394 e. The molecule has 2 aromatic carbocycles. The van der Waals surface area contributed by atoms with Crippen molar-refractivity contribution >= 4 is 5.65 Å². The van der Waals surface area contributed by atoms with Crippen molar-refractivity contribution in [2.24, 2.45) is 0 Å². The average molecular weight is 428 g/mol. The number of aromatic nitrogens is 4. The summed E-state index contributed by atoms with van der Waals surface area (Å²) in [5, 5.41) is 23.2. The van der Waals surface area contributed by atoms with Crippen LogP contribution in [0.3, 0.4) is 0 Å². The molecule has 0 amide bonds. The molecule has 2 aromatic heterocycles. The zero-order valence-corrected chi connectivity index (χ0v) is 18.2. The van der Waals surface area contributed by atoms with Gasteiger partial charge >= 0.3 is 5.69 Å². The highest BCUT2D eigenvalue weighted by molar-refractivity contribution is 5.70. The van der Waals surface area contributed by atoms with Crippen molar-refractivity contribution in [3.05, 3.63) is 87.2 Å². The first kappa shape index (κ1) is 21.5. The number of aryl methyl sites for hydroxylation is 2. The van der Waals surface area contributed by atoms with Gasteiger partial charge in [0.15, 0.2) is 5.65 Å². The van der Waals surface area contributed by atoms with Gasteiger partial charge in [-0.05, 0) is 36.1 Å². The van der Waals surface area contributed by atoms with Crippen LogP contribution in [-0.4, -0.2) is 30.9 Å². The smallest absolute Gasteiger partial charge is 0.351 e. The van der Waals surface area contributed by atoms with Gasteiger partial charge in [-0.1, -0.05) is 55.8 Å². The number of nitrogens with zero attached hydrogens (tertiary/aromatic N) is 5. The first-order chi connectivity index (χ1) is 15.6. The standard InChI is InChI=1S/C25H25N5O2/c1-3-6-23-22(24-28-29(13-14-31)25(32)30(24)17(2)27-23)15-18-9-11-19(12-10-18)21-8-5-4-7-20(21)16-26/h4-5,7-12,31H,3,6,13-15H2,1-2H3. The van der Waals surface area contributed by atoms with Gasteiger partial charge in [0.2, 0.25) is 0 Å². The predicted octanol–water partition coefficient (Wildman–Crippen LogP) is 3.27. The van der Waals surface area contributed by atoms with E-state index in [1.165, 1.54) is 9.08 Å².